The van der Waals surface area contributed by atoms with Gasteiger partial charge < -0.3 is 0 Å². The molecule has 0 saturated heterocycles. The van der Waals surface area contributed by atoms with Gasteiger partial charge in [0.05, 0.1) is 10.7 Å². The maximum Gasteiger partial charge on any atom is 0.128 e. The second-order valence-corrected chi connectivity index (χ2v) is 3.68. The number of aryl methyl sites for hydroxylation is 2. The summed E-state index contributed by atoms with van der Waals surface area (Å²) in [4.78, 5) is 5.18. The van der Waals surface area contributed by atoms with Crippen LogP contribution in [0.15, 0.2) is 0 Å². The minimum absolute atomic E-state index is 0.793. The molecule has 0 aliphatic rings. The molecule has 0 spiro atoms. The molecule has 1 heterocycles. The van der Waals surface area contributed by atoms with Crippen LogP contribution in [0.3, 0.4) is 0 Å². The molecule has 0 N–H and O–H groups in total. The van der Waals surface area contributed by atoms with Gasteiger partial charge in [0.15, 0.2) is 0 Å². The fraction of sp³-hybridized carbons (Fsp3) is 0.556. The van der Waals surface area contributed by atoms with Crippen LogP contribution in [-0.4, -0.2) is 4.98 Å². The van der Waals surface area contributed by atoms with Crippen molar-refractivity contribution in [3.05, 3.63) is 15.6 Å². The zero-order valence-electron chi connectivity index (χ0n) is 7.42. The molecule has 3 heteroatoms. The molecule has 1 rings (SSSR count). The molecule has 0 saturated carbocycles. The lowest BCUT2D eigenvalue weighted by atomic mass is 10.3. The van der Waals surface area contributed by atoms with Crippen LogP contribution in [0.5, 0.6) is 0 Å². The molecule has 0 atom stereocenters. The third kappa shape index (κ3) is 1.83. The van der Waals surface area contributed by atoms with Crippen LogP contribution in [0.25, 0.3) is 0 Å². The van der Waals surface area contributed by atoms with E-state index >= 15 is 0 Å². The van der Waals surface area contributed by atoms with E-state index in [0.717, 1.165) is 34.8 Å². The van der Waals surface area contributed by atoms with Gasteiger partial charge in [0.1, 0.15) is 10.9 Å². The van der Waals surface area contributed by atoms with Crippen molar-refractivity contribution >= 4 is 11.3 Å². The summed E-state index contributed by atoms with van der Waals surface area (Å²) in [6.45, 7) is 4.16. The predicted octanol–water partition coefficient (Wildman–Crippen LogP) is 2.53. The average molecular weight is 180 g/mol. The standard InChI is InChI=1S/C9H12N2S/c1-3-5-9-11-7(4-2)8(6-10)12-9/h3-5H2,1-2H3. The Balaban J connectivity index is 2.91. The Labute approximate surface area is 76.9 Å². The van der Waals surface area contributed by atoms with Crippen molar-refractivity contribution in [1.82, 2.24) is 4.98 Å². The van der Waals surface area contributed by atoms with Gasteiger partial charge in [0, 0.05) is 0 Å². The van der Waals surface area contributed by atoms with Crippen molar-refractivity contribution in [2.75, 3.05) is 0 Å². The lowest BCUT2D eigenvalue weighted by molar-refractivity contribution is 0.893. The first-order valence-electron chi connectivity index (χ1n) is 4.20. The van der Waals surface area contributed by atoms with Crippen LogP contribution in [0.4, 0.5) is 0 Å². The highest BCUT2D eigenvalue weighted by Crippen LogP contribution is 2.19. The maximum atomic E-state index is 8.75. The van der Waals surface area contributed by atoms with Crippen molar-refractivity contribution in [2.24, 2.45) is 0 Å². The Bertz CT molecular complexity index is 296. The fourth-order valence-electron chi connectivity index (χ4n) is 1.05. The summed E-state index contributed by atoms with van der Waals surface area (Å²) in [5.74, 6) is 0. The molecule has 64 valence electrons. The summed E-state index contributed by atoms with van der Waals surface area (Å²) in [5.41, 5.74) is 0.964. The summed E-state index contributed by atoms with van der Waals surface area (Å²) in [7, 11) is 0. The SMILES string of the molecule is CCCc1nc(CC)c(C#N)s1. The summed E-state index contributed by atoms with van der Waals surface area (Å²) >= 11 is 1.54. The number of nitriles is 1. The lowest BCUT2D eigenvalue weighted by Gasteiger charge is -1.87. The normalized spacial score (nSPS) is 9.75. The summed E-state index contributed by atoms with van der Waals surface area (Å²) in [6.07, 6.45) is 2.96. The van der Waals surface area contributed by atoms with Crippen LogP contribution in [-0.2, 0) is 12.8 Å². The van der Waals surface area contributed by atoms with E-state index in [-0.39, 0.29) is 0 Å². The number of rotatable bonds is 3. The minimum atomic E-state index is 0.793. The molecular weight excluding hydrogens is 168 g/mol. The Morgan fingerprint density at radius 3 is 2.67 bits per heavy atom. The Morgan fingerprint density at radius 1 is 1.50 bits per heavy atom. The Hall–Kier alpha value is -0.880. The number of thiazole rings is 1. The topological polar surface area (TPSA) is 36.7 Å². The van der Waals surface area contributed by atoms with Crippen molar-refractivity contribution in [3.8, 4) is 6.07 Å². The maximum absolute atomic E-state index is 8.75. The fourth-order valence-corrected chi connectivity index (χ4v) is 2.10. The zero-order chi connectivity index (χ0) is 8.97. The van der Waals surface area contributed by atoms with Crippen LogP contribution in [0.2, 0.25) is 0 Å². The van der Waals surface area contributed by atoms with E-state index in [9.17, 15) is 0 Å². The van der Waals surface area contributed by atoms with E-state index in [2.05, 4.69) is 18.0 Å². The Morgan fingerprint density at radius 2 is 2.25 bits per heavy atom. The first-order chi connectivity index (χ1) is 5.81. The zero-order valence-corrected chi connectivity index (χ0v) is 8.24. The van der Waals surface area contributed by atoms with E-state index in [1.54, 1.807) is 0 Å². The van der Waals surface area contributed by atoms with Crippen LogP contribution >= 0.6 is 11.3 Å². The third-order valence-corrected chi connectivity index (χ3v) is 2.70. The molecule has 0 aliphatic heterocycles. The van der Waals surface area contributed by atoms with Gasteiger partial charge in [-0.2, -0.15) is 5.26 Å². The molecule has 0 unspecified atom stereocenters. The molecule has 0 amide bonds. The monoisotopic (exact) mass is 180 g/mol. The summed E-state index contributed by atoms with van der Waals surface area (Å²) in [6, 6.07) is 2.18. The molecular formula is C9H12N2S. The molecule has 1 aromatic rings. The van der Waals surface area contributed by atoms with Gasteiger partial charge in [0.25, 0.3) is 0 Å². The van der Waals surface area contributed by atoms with Gasteiger partial charge in [-0.05, 0) is 19.3 Å². The summed E-state index contributed by atoms with van der Waals surface area (Å²) < 4.78 is 0. The largest absolute Gasteiger partial charge is 0.245 e. The van der Waals surface area contributed by atoms with Gasteiger partial charge in [-0.15, -0.1) is 11.3 Å². The molecule has 1 aromatic heterocycles. The molecule has 12 heavy (non-hydrogen) atoms. The van der Waals surface area contributed by atoms with Crippen molar-refractivity contribution in [1.29, 1.82) is 5.26 Å². The highest BCUT2D eigenvalue weighted by Gasteiger charge is 2.07. The van der Waals surface area contributed by atoms with E-state index in [0.29, 0.717) is 0 Å². The highest BCUT2D eigenvalue weighted by molar-refractivity contribution is 7.12. The molecule has 2 nitrogen and oxygen atoms in total. The van der Waals surface area contributed by atoms with Crippen molar-refractivity contribution in [2.45, 2.75) is 33.1 Å². The predicted molar refractivity (Wildman–Crippen MR) is 50.2 cm³/mol. The van der Waals surface area contributed by atoms with Gasteiger partial charge in [-0.1, -0.05) is 13.8 Å². The van der Waals surface area contributed by atoms with Crippen LogP contribution in [0.1, 0.15) is 35.8 Å². The molecule has 0 radical (unpaired) electrons. The number of hydrogen-bond acceptors (Lipinski definition) is 3. The number of aromatic nitrogens is 1. The van der Waals surface area contributed by atoms with Gasteiger partial charge in [-0.3, -0.25) is 0 Å². The first kappa shape index (κ1) is 9.21. The molecule has 0 fully saturated rings. The average Bonchev–Trinajstić information content (AvgIpc) is 2.48. The minimum Gasteiger partial charge on any atom is -0.245 e. The quantitative estimate of drug-likeness (QED) is 0.716. The van der Waals surface area contributed by atoms with E-state index in [4.69, 9.17) is 5.26 Å². The third-order valence-electron chi connectivity index (χ3n) is 1.64. The van der Waals surface area contributed by atoms with E-state index < -0.39 is 0 Å². The van der Waals surface area contributed by atoms with Crippen LogP contribution < -0.4 is 0 Å². The van der Waals surface area contributed by atoms with Gasteiger partial charge >= 0.3 is 0 Å². The Kier molecular flexibility index (Phi) is 3.24. The van der Waals surface area contributed by atoms with Crippen molar-refractivity contribution in [3.63, 3.8) is 0 Å². The van der Waals surface area contributed by atoms with Gasteiger partial charge in [-0.25, -0.2) is 4.98 Å². The lowest BCUT2D eigenvalue weighted by Crippen LogP contribution is -1.85. The second kappa shape index (κ2) is 4.22. The molecule has 0 aromatic carbocycles. The van der Waals surface area contributed by atoms with Crippen LogP contribution in [0, 0.1) is 11.3 Å². The first-order valence-corrected chi connectivity index (χ1v) is 5.02. The smallest absolute Gasteiger partial charge is 0.128 e. The van der Waals surface area contributed by atoms with Crippen molar-refractivity contribution < 1.29 is 0 Å². The molecule has 0 aliphatic carbocycles. The van der Waals surface area contributed by atoms with E-state index in [1.165, 1.54) is 11.3 Å². The highest BCUT2D eigenvalue weighted by atomic mass is 32.1. The summed E-state index contributed by atoms with van der Waals surface area (Å²) in [5, 5.41) is 9.85. The number of nitrogens with zero attached hydrogens (tertiary/aromatic N) is 2. The number of hydrogen-bond donors (Lipinski definition) is 0. The van der Waals surface area contributed by atoms with E-state index in [1.807, 2.05) is 6.92 Å². The van der Waals surface area contributed by atoms with Gasteiger partial charge in [0.2, 0.25) is 0 Å². The molecule has 0 bridgehead atoms. The second-order valence-electron chi connectivity index (χ2n) is 2.60.